The van der Waals surface area contributed by atoms with Gasteiger partial charge in [0, 0.05) is 47.5 Å². The highest BCUT2D eigenvalue weighted by molar-refractivity contribution is 7.10. The van der Waals surface area contributed by atoms with Crippen LogP contribution in [0.3, 0.4) is 0 Å². The molecule has 2 aromatic heterocycles. The monoisotopic (exact) mass is 393 g/mol. The standard InChI is InChI=1S/C21H19N3O3S/c25-20(18-13-24(21(26)27)12-17(18)19-7-3-9-28-19)23-16-6-1-4-14(10-16)15-5-2-8-22-11-15/h1-11,17-18H,12-13H2,(H,23,25)(H,26,27). The molecule has 2 unspecified atom stereocenters. The average Bonchev–Trinajstić information content (AvgIpc) is 3.38. The van der Waals surface area contributed by atoms with Gasteiger partial charge in [0.2, 0.25) is 5.91 Å². The first-order chi connectivity index (χ1) is 13.6. The molecule has 1 aliphatic rings. The lowest BCUT2D eigenvalue weighted by molar-refractivity contribution is -0.119. The van der Waals surface area contributed by atoms with E-state index in [0.717, 1.165) is 16.0 Å². The van der Waals surface area contributed by atoms with Crippen LogP contribution in [0.15, 0.2) is 66.3 Å². The predicted octanol–water partition coefficient (Wildman–Crippen LogP) is 4.14. The zero-order chi connectivity index (χ0) is 19.5. The van der Waals surface area contributed by atoms with Crippen LogP contribution in [0.25, 0.3) is 11.1 Å². The molecular formula is C21H19N3O3S. The second kappa shape index (κ2) is 7.82. The number of nitrogens with one attached hydrogen (secondary N) is 1. The summed E-state index contributed by atoms with van der Waals surface area (Å²) in [7, 11) is 0. The highest BCUT2D eigenvalue weighted by Gasteiger charge is 2.41. The number of aromatic nitrogens is 1. The van der Waals surface area contributed by atoms with Crippen LogP contribution in [0.4, 0.5) is 10.5 Å². The van der Waals surface area contributed by atoms with E-state index in [1.54, 1.807) is 23.7 Å². The third-order valence-corrected chi connectivity index (χ3v) is 5.96. The molecule has 1 aliphatic heterocycles. The smallest absolute Gasteiger partial charge is 0.407 e. The first kappa shape index (κ1) is 18.2. The van der Waals surface area contributed by atoms with E-state index in [9.17, 15) is 14.7 Å². The van der Waals surface area contributed by atoms with E-state index in [4.69, 9.17) is 0 Å². The van der Waals surface area contributed by atoms with E-state index in [-0.39, 0.29) is 18.4 Å². The molecule has 0 radical (unpaired) electrons. The number of carboxylic acid groups (broad SMARTS) is 1. The molecule has 28 heavy (non-hydrogen) atoms. The molecule has 1 aromatic carbocycles. The summed E-state index contributed by atoms with van der Waals surface area (Å²) in [5, 5.41) is 14.3. The van der Waals surface area contributed by atoms with Crippen molar-refractivity contribution >= 4 is 29.0 Å². The van der Waals surface area contributed by atoms with Crippen molar-refractivity contribution in [1.82, 2.24) is 9.88 Å². The van der Waals surface area contributed by atoms with Gasteiger partial charge in [0.15, 0.2) is 0 Å². The Labute approximate surface area is 166 Å². The van der Waals surface area contributed by atoms with E-state index in [1.165, 1.54) is 4.90 Å². The fraction of sp³-hybridized carbons (Fsp3) is 0.190. The van der Waals surface area contributed by atoms with Gasteiger partial charge in [-0.2, -0.15) is 0 Å². The number of rotatable bonds is 4. The van der Waals surface area contributed by atoms with Gasteiger partial charge >= 0.3 is 6.09 Å². The number of benzene rings is 1. The van der Waals surface area contributed by atoms with E-state index in [2.05, 4.69) is 10.3 Å². The molecule has 142 valence electrons. The van der Waals surface area contributed by atoms with Gasteiger partial charge in [0.25, 0.3) is 0 Å². The van der Waals surface area contributed by atoms with Crippen LogP contribution >= 0.6 is 11.3 Å². The largest absolute Gasteiger partial charge is 0.465 e. The van der Waals surface area contributed by atoms with Crippen molar-refractivity contribution in [3.63, 3.8) is 0 Å². The zero-order valence-corrected chi connectivity index (χ0v) is 15.8. The fourth-order valence-corrected chi connectivity index (χ4v) is 4.45. The van der Waals surface area contributed by atoms with E-state index < -0.39 is 12.0 Å². The van der Waals surface area contributed by atoms with Crippen LogP contribution in [0.5, 0.6) is 0 Å². The maximum atomic E-state index is 13.0. The van der Waals surface area contributed by atoms with Crippen molar-refractivity contribution in [2.45, 2.75) is 5.92 Å². The molecule has 7 heteroatoms. The van der Waals surface area contributed by atoms with E-state index >= 15 is 0 Å². The van der Waals surface area contributed by atoms with Crippen molar-refractivity contribution in [2.75, 3.05) is 18.4 Å². The zero-order valence-electron chi connectivity index (χ0n) is 15.0. The number of thiophene rings is 1. The quantitative estimate of drug-likeness (QED) is 0.698. The lowest BCUT2D eigenvalue weighted by Crippen LogP contribution is -2.30. The second-order valence-electron chi connectivity index (χ2n) is 6.73. The number of carbonyl (C=O) groups is 2. The van der Waals surface area contributed by atoms with Crippen LogP contribution in [-0.2, 0) is 4.79 Å². The van der Waals surface area contributed by atoms with Gasteiger partial charge in [-0.25, -0.2) is 4.79 Å². The number of carbonyl (C=O) groups excluding carboxylic acids is 1. The first-order valence-electron chi connectivity index (χ1n) is 8.94. The Morgan fingerprint density at radius 3 is 2.68 bits per heavy atom. The summed E-state index contributed by atoms with van der Waals surface area (Å²) in [6, 6.07) is 15.3. The summed E-state index contributed by atoms with van der Waals surface area (Å²) in [6.07, 6.45) is 2.50. The Hall–Kier alpha value is -3.19. The Balaban J connectivity index is 1.55. The molecule has 3 aromatic rings. The topological polar surface area (TPSA) is 82.5 Å². The van der Waals surface area contributed by atoms with Gasteiger partial charge in [0.1, 0.15) is 0 Å². The number of anilines is 1. The molecule has 2 N–H and O–H groups in total. The maximum absolute atomic E-state index is 13.0. The molecule has 2 atom stereocenters. The van der Waals surface area contributed by atoms with E-state index in [0.29, 0.717) is 12.2 Å². The Bertz CT molecular complexity index is 976. The Kier molecular flexibility index (Phi) is 5.08. The molecule has 2 amide bonds. The summed E-state index contributed by atoms with van der Waals surface area (Å²) in [5.41, 5.74) is 2.61. The van der Waals surface area contributed by atoms with Crippen molar-refractivity contribution < 1.29 is 14.7 Å². The molecule has 0 aliphatic carbocycles. The summed E-state index contributed by atoms with van der Waals surface area (Å²) >= 11 is 1.55. The lowest BCUT2D eigenvalue weighted by atomic mass is 9.93. The van der Waals surface area contributed by atoms with Crippen LogP contribution in [-0.4, -0.2) is 40.1 Å². The number of hydrogen-bond acceptors (Lipinski definition) is 4. The Morgan fingerprint density at radius 1 is 1.11 bits per heavy atom. The summed E-state index contributed by atoms with van der Waals surface area (Å²) < 4.78 is 0. The summed E-state index contributed by atoms with van der Waals surface area (Å²) in [6.45, 7) is 0.537. The molecule has 1 fully saturated rings. The van der Waals surface area contributed by atoms with Crippen LogP contribution < -0.4 is 5.32 Å². The lowest BCUT2D eigenvalue weighted by Gasteiger charge is -2.17. The first-order valence-corrected chi connectivity index (χ1v) is 9.82. The molecular weight excluding hydrogens is 374 g/mol. The SMILES string of the molecule is O=C(Nc1cccc(-c2cccnc2)c1)C1CN(C(=O)O)CC1c1cccs1. The minimum atomic E-state index is -0.990. The third-order valence-electron chi connectivity index (χ3n) is 4.96. The summed E-state index contributed by atoms with van der Waals surface area (Å²) in [4.78, 5) is 30.9. The molecule has 6 nitrogen and oxygen atoms in total. The number of pyridine rings is 1. The molecule has 1 saturated heterocycles. The van der Waals surface area contributed by atoms with Crippen LogP contribution in [0, 0.1) is 5.92 Å². The van der Waals surface area contributed by atoms with Gasteiger partial charge in [-0.15, -0.1) is 11.3 Å². The normalized spacial score (nSPS) is 18.8. The van der Waals surface area contributed by atoms with Crippen LogP contribution in [0.1, 0.15) is 10.8 Å². The summed E-state index contributed by atoms with van der Waals surface area (Å²) in [5.74, 6) is -0.708. The van der Waals surface area contributed by atoms with Crippen molar-refractivity contribution in [1.29, 1.82) is 0 Å². The molecule has 0 saturated carbocycles. The predicted molar refractivity (Wildman–Crippen MR) is 108 cm³/mol. The number of amides is 2. The van der Waals surface area contributed by atoms with Crippen molar-refractivity contribution in [3.05, 3.63) is 71.2 Å². The van der Waals surface area contributed by atoms with E-state index in [1.807, 2.05) is 53.9 Å². The highest BCUT2D eigenvalue weighted by Crippen LogP contribution is 2.36. The van der Waals surface area contributed by atoms with Crippen LogP contribution in [0.2, 0.25) is 0 Å². The third kappa shape index (κ3) is 3.75. The minimum Gasteiger partial charge on any atom is -0.465 e. The highest BCUT2D eigenvalue weighted by atomic mass is 32.1. The average molecular weight is 393 g/mol. The number of likely N-dealkylation sites (tertiary alicyclic amines) is 1. The number of hydrogen-bond donors (Lipinski definition) is 2. The Morgan fingerprint density at radius 2 is 1.96 bits per heavy atom. The van der Waals surface area contributed by atoms with Gasteiger partial charge in [-0.3, -0.25) is 9.78 Å². The molecule has 0 spiro atoms. The molecule has 3 heterocycles. The molecule has 4 rings (SSSR count). The number of nitrogens with zero attached hydrogens (tertiary/aromatic N) is 2. The second-order valence-corrected chi connectivity index (χ2v) is 7.71. The van der Waals surface area contributed by atoms with Gasteiger partial charge < -0.3 is 15.3 Å². The molecule has 0 bridgehead atoms. The fourth-order valence-electron chi connectivity index (χ4n) is 3.56. The van der Waals surface area contributed by atoms with Crippen molar-refractivity contribution in [3.8, 4) is 11.1 Å². The van der Waals surface area contributed by atoms with Gasteiger partial charge in [-0.1, -0.05) is 24.3 Å². The van der Waals surface area contributed by atoms with Gasteiger partial charge in [0.05, 0.1) is 5.92 Å². The maximum Gasteiger partial charge on any atom is 0.407 e. The minimum absolute atomic E-state index is 0.127. The van der Waals surface area contributed by atoms with Gasteiger partial charge in [-0.05, 0) is 35.2 Å². The van der Waals surface area contributed by atoms with Crippen molar-refractivity contribution in [2.24, 2.45) is 5.92 Å².